The highest BCUT2D eigenvalue weighted by atomic mass is 16.1. The number of hydrogen-bond acceptors (Lipinski definition) is 4. The Morgan fingerprint density at radius 3 is 3.06 bits per heavy atom. The predicted octanol–water partition coefficient (Wildman–Crippen LogP) is 0.422. The Labute approximate surface area is 104 Å². The van der Waals surface area contributed by atoms with Gasteiger partial charge in [-0.15, -0.1) is 0 Å². The van der Waals surface area contributed by atoms with E-state index in [1.165, 1.54) is 18.9 Å². The van der Waals surface area contributed by atoms with Crippen LogP contribution in [0.15, 0.2) is 23.1 Å². The third kappa shape index (κ3) is 2.48. The minimum Gasteiger partial charge on any atom is -0.308 e. The Morgan fingerprint density at radius 2 is 2.39 bits per heavy atom. The predicted molar refractivity (Wildman–Crippen MR) is 66.9 cm³/mol. The molecule has 1 fully saturated rings. The number of aromatic amines is 1. The van der Waals surface area contributed by atoms with Crippen molar-refractivity contribution in [2.24, 2.45) is 7.05 Å². The second kappa shape index (κ2) is 4.38. The first kappa shape index (κ1) is 11.2. The van der Waals surface area contributed by atoms with E-state index in [1.54, 1.807) is 4.68 Å². The van der Waals surface area contributed by atoms with Gasteiger partial charge in [0.2, 0.25) is 0 Å². The van der Waals surface area contributed by atoms with Crippen LogP contribution in [-0.2, 0) is 13.6 Å². The van der Waals surface area contributed by atoms with Crippen molar-refractivity contribution in [2.75, 3.05) is 0 Å². The zero-order valence-electron chi connectivity index (χ0n) is 10.2. The molecular weight excluding hydrogens is 230 g/mol. The van der Waals surface area contributed by atoms with Crippen molar-refractivity contribution in [1.82, 2.24) is 25.1 Å². The minimum atomic E-state index is -0.141. The SMILES string of the molecule is Cn1ccc(-c2nc(CNC3CC3)cc(=O)[nH]2)n1. The molecule has 0 saturated heterocycles. The van der Waals surface area contributed by atoms with Gasteiger partial charge in [0.1, 0.15) is 5.69 Å². The van der Waals surface area contributed by atoms with Gasteiger partial charge >= 0.3 is 0 Å². The van der Waals surface area contributed by atoms with E-state index < -0.39 is 0 Å². The van der Waals surface area contributed by atoms with Gasteiger partial charge in [0.15, 0.2) is 5.82 Å². The number of nitrogens with one attached hydrogen (secondary N) is 2. The highest BCUT2D eigenvalue weighted by Gasteiger charge is 2.20. The Kier molecular flexibility index (Phi) is 2.71. The van der Waals surface area contributed by atoms with Gasteiger partial charge in [-0.05, 0) is 18.9 Å². The van der Waals surface area contributed by atoms with Crippen molar-refractivity contribution in [3.8, 4) is 11.5 Å². The van der Waals surface area contributed by atoms with Gasteiger partial charge in [-0.1, -0.05) is 0 Å². The van der Waals surface area contributed by atoms with Crippen LogP contribution in [0.2, 0.25) is 0 Å². The maximum Gasteiger partial charge on any atom is 0.251 e. The fourth-order valence-corrected chi connectivity index (χ4v) is 1.80. The molecule has 0 spiro atoms. The average Bonchev–Trinajstić information content (AvgIpc) is 3.07. The lowest BCUT2D eigenvalue weighted by Gasteiger charge is -2.03. The van der Waals surface area contributed by atoms with Gasteiger partial charge in [-0.2, -0.15) is 5.10 Å². The number of nitrogens with zero attached hydrogens (tertiary/aromatic N) is 3. The summed E-state index contributed by atoms with van der Waals surface area (Å²) < 4.78 is 1.68. The summed E-state index contributed by atoms with van der Waals surface area (Å²) in [6.07, 6.45) is 4.26. The Balaban J connectivity index is 1.87. The number of hydrogen-bond donors (Lipinski definition) is 2. The van der Waals surface area contributed by atoms with E-state index in [-0.39, 0.29) is 5.56 Å². The van der Waals surface area contributed by atoms with Crippen LogP contribution in [-0.4, -0.2) is 25.8 Å². The fourth-order valence-electron chi connectivity index (χ4n) is 1.80. The summed E-state index contributed by atoms with van der Waals surface area (Å²) in [6.45, 7) is 0.633. The van der Waals surface area contributed by atoms with Crippen LogP contribution in [0.25, 0.3) is 11.5 Å². The van der Waals surface area contributed by atoms with E-state index in [0.29, 0.717) is 24.1 Å². The molecule has 94 valence electrons. The standard InChI is InChI=1S/C12H15N5O/c1-17-5-4-10(16-17)12-14-9(6-11(18)15-12)7-13-8-2-3-8/h4-6,8,13H,2-3,7H2,1H3,(H,14,15,18). The van der Waals surface area contributed by atoms with E-state index in [4.69, 9.17) is 0 Å². The molecule has 18 heavy (non-hydrogen) atoms. The van der Waals surface area contributed by atoms with E-state index in [2.05, 4.69) is 20.4 Å². The molecule has 6 nitrogen and oxygen atoms in total. The van der Waals surface area contributed by atoms with Crippen molar-refractivity contribution in [1.29, 1.82) is 0 Å². The molecule has 2 heterocycles. The first-order chi connectivity index (χ1) is 8.70. The Morgan fingerprint density at radius 1 is 1.56 bits per heavy atom. The van der Waals surface area contributed by atoms with Gasteiger partial charge in [0, 0.05) is 31.9 Å². The lowest BCUT2D eigenvalue weighted by Crippen LogP contribution is -2.19. The maximum atomic E-state index is 11.6. The highest BCUT2D eigenvalue weighted by molar-refractivity contribution is 5.47. The molecule has 0 aromatic carbocycles. The molecule has 0 bridgehead atoms. The van der Waals surface area contributed by atoms with Crippen molar-refractivity contribution in [3.05, 3.63) is 34.4 Å². The normalized spacial score (nSPS) is 14.9. The quantitative estimate of drug-likeness (QED) is 0.818. The Bertz CT molecular complexity index is 611. The summed E-state index contributed by atoms with van der Waals surface area (Å²) in [5.74, 6) is 0.524. The van der Waals surface area contributed by atoms with Crippen LogP contribution in [0.4, 0.5) is 0 Å². The molecule has 2 aromatic heterocycles. The second-order valence-corrected chi connectivity index (χ2v) is 4.62. The van der Waals surface area contributed by atoms with Crippen molar-refractivity contribution >= 4 is 0 Å². The van der Waals surface area contributed by atoms with Crippen molar-refractivity contribution < 1.29 is 0 Å². The number of aromatic nitrogens is 4. The fraction of sp³-hybridized carbons (Fsp3) is 0.417. The highest BCUT2D eigenvalue weighted by Crippen LogP contribution is 2.19. The molecular formula is C12H15N5O. The molecule has 0 radical (unpaired) electrons. The summed E-state index contributed by atoms with van der Waals surface area (Å²) >= 11 is 0. The third-order valence-electron chi connectivity index (χ3n) is 2.90. The minimum absolute atomic E-state index is 0.141. The lowest BCUT2D eigenvalue weighted by atomic mass is 10.3. The van der Waals surface area contributed by atoms with Gasteiger partial charge in [-0.25, -0.2) is 4.98 Å². The molecule has 2 aromatic rings. The lowest BCUT2D eigenvalue weighted by molar-refractivity contribution is 0.672. The molecule has 0 aliphatic heterocycles. The summed E-state index contributed by atoms with van der Waals surface area (Å²) in [7, 11) is 1.83. The summed E-state index contributed by atoms with van der Waals surface area (Å²) in [5, 5.41) is 7.58. The third-order valence-corrected chi connectivity index (χ3v) is 2.90. The molecule has 3 rings (SSSR count). The summed E-state index contributed by atoms with van der Waals surface area (Å²) in [6, 6.07) is 3.96. The molecule has 1 saturated carbocycles. The van der Waals surface area contributed by atoms with E-state index >= 15 is 0 Å². The molecule has 6 heteroatoms. The molecule has 2 N–H and O–H groups in total. The zero-order chi connectivity index (χ0) is 12.5. The van der Waals surface area contributed by atoms with E-state index in [0.717, 1.165) is 5.69 Å². The molecule has 1 aliphatic rings. The molecule has 1 aliphatic carbocycles. The summed E-state index contributed by atoms with van der Waals surface area (Å²) in [4.78, 5) is 18.7. The number of H-pyrrole nitrogens is 1. The smallest absolute Gasteiger partial charge is 0.251 e. The van der Waals surface area contributed by atoms with Gasteiger partial charge in [0.05, 0.1) is 5.69 Å². The molecule has 0 amide bonds. The first-order valence-corrected chi connectivity index (χ1v) is 6.04. The van der Waals surface area contributed by atoms with Gasteiger partial charge in [-0.3, -0.25) is 9.48 Å². The summed E-state index contributed by atoms with van der Waals surface area (Å²) in [5.41, 5.74) is 1.30. The van der Waals surface area contributed by atoms with Crippen LogP contribution in [0.1, 0.15) is 18.5 Å². The largest absolute Gasteiger partial charge is 0.308 e. The second-order valence-electron chi connectivity index (χ2n) is 4.62. The number of rotatable bonds is 4. The van der Waals surface area contributed by atoms with E-state index in [9.17, 15) is 4.79 Å². The monoisotopic (exact) mass is 245 g/mol. The topological polar surface area (TPSA) is 75.6 Å². The van der Waals surface area contributed by atoms with Crippen LogP contribution >= 0.6 is 0 Å². The average molecular weight is 245 g/mol. The number of aryl methyl sites for hydroxylation is 1. The Hall–Kier alpha value is -1.95. The van der Waals surface area contributed by atoms with E-state index in [1.807, 2.05) is 19.3 Å². The van der Waals surface area contributed by atoms with Crippen LogP contribution < -0.4 is 10.9 Å². The first-order valence-electron chi connectivity index (χ1n) is 6.04. The van der Waals surface area contributed by atoms with Crippen LogP contribution in [0.3, 0.4) is 0 Å². The molecule has 0 atom stereocenters. The zero-order valence-corrected chi connectivity index (χ0v) is 10.2. The van der Waals surface area contributed by atoms with Gasteiger partial charge < -0.3 is 10.3 Å². The van der Waals surface area contributed by atoms with Crippen molar-refractivity contribution in [3.63, 3.8) is 0 Å². The van der Waals surface area contributed by atoms with Gasteiger partial charge in [0.25, 0.3) is 5.56 Å². The van der Waals surface area contributed by atoms with Crippen molar-refractivity contribution in [2.45, 2.75) is 25.4 Å². The maximum absolute atomic E-state index is 11.6. The van der Waals surface area contributed by atoms with Crippen LogP contribution in [0, 0.1) is 0 Å². The molecule has 0 unspecified atom stereocenters. The van der Waals surface area contributed by atoms with Crippen LogP contribution in [0.5, 0.6) is 0 Å².